The summed E-state index contributed by atoms with van der Waals surface area (Å²) in [5.74, 6) is -0.949. The number of rotatable bonds is 0. The number of halogens is 2. The van der Waals surface area contributed by atoms with Gasteiger partial charge in [-0.3, -0.25) is 0 Å². The van der Waals surface area contributed by atoms with Gasteiger partial charge in [0.15, 0.2) is 0 Å². The third-order valence-corrected chi connectivity index (χ3v) is 1.43. The van der Waals surface area contributed by atoms with Gasteiger partial charge < -0.3 is 0 Å². The molecule has 0 saturated carbocycles. The molecule has 0 aliphatic carbocycles. The summed E-state index contributed by atoms with van der Waals surface area (Å²) in [6.45, 7) is 3.08. The number of hydrogen-bond donors (Lipinski definition) is 0. The SMILES string of the molecule is Cc1cc(F)c(C)c(F)c1.[U]. The molecule has 0 saturated heterocycles. The van der Waals surface area contributed by atoms with Crippen LogP contribution in [0, 0.1) is 56.6 Å². The van der Waals surface area contributed by atoms with Gasteiger partial charge in [-0.05, 0) is 31.5 Å². The predicted octanol–water partition coefficient (Wildman–Crippen LogP) is 2.58. The van der Waals surface area contributed by atoms with Crippen LogP contribution in [0.5, 0.6) is 0 Å². The fourth-order valence-corrected chi connectivity index (χ4v) is 0.772. The molecule has 0 nitrogen and oxygen atoms in total. The number of hydrogen-bond acceptors (Lipinski definition) is 0. The van der Waals surface area contributed by atoms with Crippen molar-refractivity contribution in [2.24, 2.45) is 0 Å². The van der Waals surface area contributed by atoms with Crippen LogP contribution in [0.15, 0.2) is 12.1 Å². The molecule has 0 aliphatic rings. The van der Waals surface area contributed by atoms with Crippen LogP contribution in [0.1, 0.15) is 11.1 Å². The zero-order valence-electron chi connectivity index (χ0n) is 6.41. The van der Waals surface area contributed by atoms with Gasteiger partial charge in [0.05, 0.1) is 0 Å². The molecule has 0 amide bonds. The Kier molecular flexibility index (Phi) is 4.28. The van der Waals surface area contributed by atoms with Crippen LogP contribution >= 0.6 is 0 Å². The summed E-state index contributed by atoms with van der Waals surface area (Å²) in [6.07, 6.45) is 0. The summed E-state index contributed by atoms with van der Waals surface area (Å²) in [6, 6.07) is 2.64. The normalized spacial score (nSPS) is 9.09. The summed E-state index contributed by atoms with van der Waals surface area (Å²) in [4.78, 5) is 0. The first-order valence-electron chi connectivity index (χ1n) is 3.03. The van der Waals surface area contributed by atoms with Gasteiger partial charge in [0.25, 0.3) is 0 Å². The van der Waals surface area contributed by atoms with Gasteiger partial charge in [-0.15, -0.1) is 0 Å². The number of benzene rings is 1. The van der Waals surface area contributed by atoms with E-state index in [2.05, 4.69) is 0 Å². The second-order valence-corrected chi connectivity index (χ2v) is 2.35. The molecule has 0 spiro atoms. The van der Waals surface area contributed by atoms with Gasteiger partial charge in [-0.25, -0.2) is 8.78 Å². The van der Waals surface area contributed by atoms with Crippen molar-refractivity contribution in [2.45, 2.75) is 13.8 Å². The number of aryl methyl sites for hydroxylation is 1. The third-order valence-electron chi connectivity index (χ3n) is 1.43. The first kappa shape index (κ1) is 11.1. The Balaban J connectivity index is 0.000001000. The van der Waals surface area contributed by atoms with Crippen LogP contribution < -0.4 is 0 Å². The second-order valence-electron chi connectivity index (χ2n) is 2.35. The van der Waals surface area contributed by atoms with E-state index >= 15 is 0 Å². The van der Waals surface area contributed by atoms with E-state index in [9.17, 15) is 8.78 Å². The molecule has 1 rings (SSSR count). The average Bonchev–Trinajstić information content (AvgIpc) is 1.82. The Labute approximate surface area is 88.4 Å². The minimum Gasteiger partial charge on any atom is -0.207 e. The van der Waals surface area contributed by atoms with Crippen LogP contribution in [0.25, 0.3) is 0 Å². The summed E-state index contributed by atoms with van der Waals surface area (Å²) in [5, 5.41) is 0. The van der Waals surface area contributed by atoms with E-state index in [4.69, 9.17) is 0 Å². The summed E-state index contributed by atoms with van der Waals surface area (Å²) >= 11 is 0. The van der Waals surface area contributed by atoms with Gasteiger partial charge in [0.1, 0.15) is 11.6 Å². The fourth-order valence-electron chi connectivity index (χ4n) is 0.772. The van der Waals surface area contributed by atoms with E-state index in [0.29, 0.717) is 5.56 Å². The molecule has 0 heterocycles. The molecule has 1 aromatic rings. The van der Waals surface area contributed by atoms with Gasteiger partial charge in [0, 0.05) is 36.7 Å². The molecule has 58 valence electrons. The molecule has 0 N–H and O–H groups in total. The molecule has 0 aromatic heterocycles. The molecule has 11 heavy (non-hydrogen) atoms. The van der Waals surface area contributed by atoms with E-state index in [0.717, 1.165) is 0 Å². The minimum absolute atomic E-state index is 0. The van der Waals surface area contributed by atoms with Crippen molar-refractivity contribution in [1.29, 1.82) is 0 Å². The third kappa shape index (κ3) is 2.57. The van der Waals surface area contributed by atoms with Crippen LogP contribution in [-0.4, -0.2) is 0 Å². The summed E-state index contributed by atoms with van der Waals surface area (Å²) in [5.41, 5.74) is 0.700. The minimum atomic E-state index is -0.475. The van der Waals surface area contributed by atoms with Crippen molar-refractivity contribution in [1.82, 2.24) is 0 Å². The molecule has 1 aromatic carbocycles. The monoisotopic (exact) mass is 380 g/mol. The molecule has 0 unspecified atom stereocenters. The van der Waals surface area contributed by atoms with Crippen LogP contribution in [0.3, 0.4) is 0 Å². The maximum Gasteiger partial charge on any atom is 0.129 e. The Morgan fingerprint density at radius 2 is 1.36 bits per heavy atom. The largest absolute Gasteiger partial charge is 0.207 e. The van der Waals surface area contributed by atoms with Crippen molar-refractivity contribution in [3.63, 3.8) is 0 Å². The molecule has 3 heteroatoms. The van der Waals surface area contributed by atoms with Crippen molar-refractivity contribution >= 4 is 0 Å². The van der Waals surface area contributed by atoms with Crippen LogP contribution in [-0.2, 0) is 0 Å². The van der Waals surface area contributed by atoms with Crippen molar-refractivity contribution in [2.75, 3.05) is 0 Å². The molecular formula is C8H8F2U. The quantitative estimate of drug-likeness (QED) is 0.649. The average molecular weight is 380 g/mol. The molecule has 0 bridgehead atoms. The maximum absolute atomic E-state index is 12.6. The molecule has 0 radical (unpaired) electrons. The smallest absolute Gasteiger partial charge is 0.129 e. The Morgan fingerprint density at radius 1 is 1.00 bits per heavy atom. The zero-order valence-corrected chi connectivity index (χ0v) is 10.6. The van der Waals surface area contributed by atoms with Gasteiger partial charge in [-0.1, -0.05) is 0 Å². The van der Waals surface area contributed by atoms with E-state index < -0.39 is 11.6 Å². The Bertz CT molecular complexity index is 235. The van der Waals surface area contributed by atoms with E-state index in [1.54, 1.807) is 6.92 Å². The van der Waals surface area contributed by atoms with Gasteiger partial charge >= 0.3 is 0 Å². The topological polar surface area (TPSA) is 0 Å². The van der Waals surface area contributed by atoms with Gasteiger partial charge in [-0.2, -0.15) is 0 Å². The van der Waals surface area contributed by atoms with E-state index in [1.807, 2.05) is 0 Å². The Morgan fingerprint density at radius 3 is 1.73 bits per heavy atom. The zero-order chi connectivity index (χ0) is 7.72. The molecule has 0 aliphatic heterocycles. The van der Waals surface area contributed by atoms with Crippen molar-refractivity contribution in [3.8, 4) is 0 Å². The Hall–Kier alpha value is 0.132. The summed E-state index contributed by atoms with van der Waals surface area (Å²) in [7, 11) is 0. The van der Waals surface area contributed by atoms with Gasteiger partial charge in [0.2, 0.25) is 0 Å². The molecule has 0 fully saturated rings. The first-order chi connectivity index (χ1) is 4.61. The second kappa shape index (κ2) is 4.23. The maximum atomic E-state index is 12.6. The molecule has 0 atom stereocenters. The standard InChI is InChI=1S/C8H8F2.U/c1-5-3-7(9)6(2)8(10)4-5;/h3-4H,1-2H3;. The van der Waals surface area contributed by atoms with E-state index in [-0.39, 0.29) is 36.7 Å². The van der Waals surface area contributed by atoms with Crippen molar-refractivity contribution in [3.05, 3.63) is 34.9 Å². The fraction of sp³-hybridized carbons (Fsp3) is 0.250. The van der Waals surface area contributed by atoms with Crippen LogP contribution in [0.2, 0.25) is 0 Å². The first-order valence-corrected chi connectivity index (χ1v) is 3.03. The van der Waals surface area contributed by atoms with E-state index in [1.165, 1.54) is 19.1 Å². The predicted molar refractivity (Wildman–Crippen MR) is 35.8 cm³/mol. The van der Waals surface area contributed by atoms with Crippen molar-refractivity contribution < 1.29 is 39.9 Å². The van der Waals surface area contributed by atoms with Crippen LogP contribution in [0.4, 0.5) is 8.78 Å². The summed E-state index contributed by atoms with van der Waals surface area (Å²) < 4.78 is 25.2. The molecular weight excluding hydrogens is 372 g/mol.